The Hall–Kier alpha value is -2.37. The predicted octanol–water partition coefficient (Wildman–Crippen LogP) is 2.68. The van der Waals surface area contributed by atoms with Crippen LogP contribution in [0.3, 0.4) is 0 Å². The van der Waals surface area contributed by atoms with E-state index in [4.69, 9.17) is 0 Å². The summed E-state index contributed by atoms with van der Waals surface area (Å²) in [5.41, 5.74) is 3.20. The summed E-state index contributed by atoms with van der Waals surface area (Å²) >= 11 is 0. The van der Waals surface area contributed by atoms with Gasteiger partial charge in [-0.3, -0.25) is 9.67 Å². The summed E-state index contributed by atoms with van der Waals surface area (Å²) in [5.74, 6) is 0.981. The monoisotopic (exact) mass is 345 g/mol. The number of rotatable bonds is 7. The molecule has 136 valence electrons. The molecular formula is C19H28FN5. The second-order valence-corrected chi connectivity index (χ2v) is 6.47. The van der Waals surface area contributed by atoms with Crippen LogP contribution >= 0.6 is 0 Å². The Morgan fingerprint density at radius 2 is 2.08 bits per heavy atom. The van der Waals surface area contributed by atoms with E-state index in [0.29, 0.717) is 12.5 Å². The molecule has 0 spiro atoms. The van der Waals surface area contributed by atoms with Crippen molar-refractivity contribution in [2.24, 2.45) is 10.9 Å². The molecule has 0 radical (unpaired) electrons. The van der Waals surface area contributed by atoms with E-state index in [1.54, 1.807) is 19.2 Å². The molecule has 6 heteroatoms. The normalized spacial score (nSPS) is 12.9. The fraction of sp³-hybridized carbons (Fsp3) is 0.474. The summed E-state index contributed by atoms with van der Waals surface area (Å²) in [6.07, 6.45) is 0.750. The maximum Gasteiger partial charge on any atom is 0.190 e. The molecule has 0 aliphatic rings. The zero-order chi connectivity index (χ0) is 18.2. The van der Waals surface area contributed by atoms with Gasteiger partial charge in [0.25, 0.3) is 0 Å². The Kier molecular flexibility index (Phi) is 6.98. The van der Waals surface area contributed by atoms with Crippen LogP contribution in [0.5, 0.6) is 0 Å². The van der Waals surface area contributed by atoms with Crippen LogP contribution in [0.1, 0.15) is 23.9 Å². The number of halogens is 1. The largest absolute Gasteiger partial charge is 0.356 e. The molecule has 1 aromatic carbocycles. The van der Waals surface area contributed by atoms with Gasteiger partial charge < -0.3 is 10.6 Å². The van der Waals surface area contributed by atoms with Crippen molar-refractivity contribution in [1.29, 1.82) is 0 Å². The molecule has 2 aromatic rings. The first kappa shape index (κ1) is 19.0. The van der Waals surface area contributed by atoms with Crippen LogP contribution in [0.25, 0.3) is 0 Å². The van der Waals surface area contributed by atoms with E-state index in [1.807, 2.05) is 17.7 Å². The Balaban J connectivity index is 1.73. The lowest BCUT2D eigenvalue weighted by atomic mass is 10.1. The van der Waals surface area contributed by atoms with Crippen molar-refractivity contribution in [2.45, 2.75) is 33.7 Å². The number of hydrogen-bond donors (Lipinski definition) is 2. The summed E-state index contributed by atoms with van der Waals surface area (Å²) in [5, 5.41) is 11.1. The van der Waals surface area contributed by atoms with E-state index >= 15 is 0 Å². The van der Waals surface area contributed by atoms with Crippen LogP contribution in [-0.4, -0.2) is 35.9 Å². The molecule has 0 saturated carbocycles. The Morgan fingerprint density at radius 3 is 2.72 bits per heavy atom. The molecule has 0 aliphatic carbocycles. The van der Waals surface area contributed by atoms with Gasteiger partial charge in [0.1, 0.15) is 5.82 Å². The van der Waals surface area contributed by atoms with E-state index in [2.05, 4.69) is 40.6 Å². The minimum Gasteiger partial charge on any atom is -0.356 e. The van der Waals surface area contributed by atoms with Crippen molar-refractivity contribution >= 4 is 5.96 Å². The molecule has 1 unspecified atom stereocenters. The topological polar surface area (TPSA) is 54.2 Å². The number of nitrogens with one attached hydrogen (secondary N) is 2. The van der Waals surface area contributed by atoms with Crippen molar-refractivity contribution < 1.29 is 4.39 Å². The van der Waals surface area contributed by atoms with E-state index in [0.717, 1.165) is 36.7 Å². The molecule has 0 bridgehead atoms. The fourth-order valence-corrected chi connectivity index (χ4v) is 2.73. The number of aryl methyl sites for hydroxylation is 2. The Labute approximate surface area is 149 Å². The second kappa shape index (κ2) is 9.20. The van der Waals surface area contributed by atoms with Crippen molar-refractivity contribution in [3.05, 3.63) is 53.1 Å². The van der Waals surface area contributed by atoms with Crippen molar-refractivity contribution in [3.63, 3.8) is 0 Å². The number of guanidine groups is 1. The number of nitrogens with zero attached hydrogens (tertiary/aromatic N) is 3. The minimum atomic E-state index is -0.196. The van der Waals surface area contributed by atoms with E-state index in [9.17, 15) is 4.39 Å². The molecule has 0 amide bonds. The highest BCUT2D eigenvalue weighted by Crippen LogP contribution is 2.06. The lowest BCUT2D eigenvalue weighted by molar-refractivity contribution is 0.436. The molecule has 2 rings (SSSR count). The summed E-state index contributed by atoms with van der Waals surface area (Å²) < 4.78 is 15.2. The zero-order valence-corrected chi connectivity index (χ0v) is 15.5. The first-order chi connectivity index (χ1) is 12.0. The average Bonchev–Trinajstić information content (AvgIpc) is 2.88. The smallest absolute Gasteiger partial charge is 0.190 e. The molecule has 1 atom stereocenters. The number of aliphatic imine (C=N–C) groups is 1. The van der Waals surface area contributed by atoms with Crippen LogP contribution < -0.4 is 10.6 Å². The van der Waals surface area contributed by atoms with Gasteiger partial charge in [0.2, 0.25) is 0 Å². The standard InChI is InChI=1S/C19H28FN5/c1-14(13-25-16(3)10-15(2)24-25)12-23-19(21-4)22-9-8-17-6-5-7-18(20)11-17/h5-7,10-11,14H,8-9,12-13H2,1-4H3,(H2,21,22,23). The van der Waals surface area contributed by atoms with Gasteiger partial charge in [0.05, 0.1) is 5.69 Å². The summed E-state index contributed by atoms with van der Waals surface area (Å²) in [6.45, 7) is 8.65. The van der Waals surface area contributed by atoms with Gasteiger partial charge in [-0.25, -0.2) is 4.39 Å². The second-order valence-electron chi connectivity index (χ2n) is 6.47. The van der Waals surface area contributed by atoms with Crippen LogP contribution in [0, 0.1) is 25.6 Å². The third kappa shape index (κ3) is 6.21. The van der Waals surface area contributed by atoms with Gasteiger partial charge in [-0.1, -0.05) is 19.1 Å². The highest BCUT2D eigenvalue weighted by Gasteiger charge is 2.08. The number of aromatic nitrogens is 2. The molecule has 0 fully saturated rings. The van der Waals surface area contributed by atoms with Crippen LogP contribution in [-0.2, 0) is 13.0 Å². The molecule has 25 heavy (non-hydrogen) atoms. The first-order valence-electron chi connectivity index (χ1n) is 8.68. The minimum absolute atomic E-state index is 0.196. The van der Waals surface area contributed by atoms with Crippen LogP contribution in [0.15, 0.2) is 35.3 Å². The van der Waals surface area contributed by atoms with Crippen molar-refractivity contribution in [2.75, 3.05) is 20.1 Å². The van der Waals surface area contributed by atoms with Gasteiger partial charge in [-0.2, -0.15) is 5.10 Å². The molecule has 1 aromatic heterocycles. The van der Waals surface area contributed by atoms with Gasteiger partial charge in [0.15, 0.2) is 5.96 Å². The molecule has 0 saturated heterocycles. The van der Waals surface area contributed by atoms with Gasteiger partial charge >= 0.3 is 0 Å². The fourth-order valence-electron chi connectivity index (χ4n) is 2.73. The summed E-state index contributed by atoms with van der Waals surface area (Å²) in [4.78, 5) is 4.24. The molecule has 1 heterocycles. The van der Waals surface area contributed by atoms with E-state index < -0.39 is 0 Å². The van der Waals surface area contributed by atoms with Gasteiger partial charge in [-0.15, -0.1) is 0 Å². The van der Waals surface area contributed by atoms with E-state index in [1.165, 1.54) is 11.8 Å². The molecule has 0 aliphatic heterocycles. The first-order valence-corrected chi connectivity index (χ1v) is 8.68. The SMILES string of the molecule is CN=C(NCCc1cccc(F)c1)NCC(C)Cn1nc(C)cc1C. The third-order valence-electron chi connectivity index (χ3n) is 4.02. The van der Waals surface area contributed by atoms with E-state index in [-0.39, 0.29) is 5.82 Å². The number of hydrogen-bond acceptors (Lipinski definition) is 2. The van der Waals surface area contributed by atoms with Crippen LogP contribution in [0.4, 0.5) is 4.39 Å². The highest BCUT2D eigenvalue weighted by molar-refractivity contribution is 5.79. The van der Waals surface area contributed by atoms with Crippen LogP contribution in [0.2, 0.25) is 0 Å². The Morgan fingerprint density at radius 1 is 1.28 bits per heavy atom. The zero-order valence-electron chi connectivity index (χ0n) is 15.5. The highest BCUT2D eigenvalue weighted by atomic mass is 19.1. The quantitative estimate of drug-likeness (QED) is 0.599. The van der Waals surface area contributed by atoms with Crippen molar-refractivity contribution in [1.82, 2.24) is 20.4 Å². The third-order valence-corrected chi connectivity index (χ3v) is 4.02. The summed E-state index contributed by atoms with van der Waals surface area (Å²) in [7, 11) is 1.75. The number of benzene rings is 1. The maximum absolute atomic E-state index is 13.2. The Bertz CT molecular complexity index is 708. The van der Waals surface area contributed by atoms with Gasteiger partial charge in [0, 0.05) is 32.4 Å². The van der Waals surface area contributed by atoms with Gasteiger partial charge in [-0.05, 0) is 49.9 Å². The predicted molar refractivity (Wildman–Crippen MR) is 100 cm³/mol. The molecule has 5 nitrogen and oxygen atoms in total. The molecular weight excluding hydrogens is 317 g/mol. The van der Waals surface area contributed by atoms with Crippen molar-refractivity contribution in [3.8, 4) is 0 Å². The maximum atomic E-state index is 13.2. The average molecular weight is 345 g/mol. The summed E-state index contributed by atoms with van der Waals surface area (Å²) in [6, 6.07) is 8.78. The molecule has 2 N–H and O–H groups in total. The lowest BCUT2D eigenvalue weighted by Gasteiger charge is -2.17. The lowest BCUT2D eigenvalue weighted by Crippen LogP contribution is -2.40.